The first-order chi connectivity index (χ1) is 7.57. The van der Waals surface area contributed by atoms with Crippen LogP contribution in [0, 0.1) is 11.3 Å². The van der Waals surface area contributed by atoms with Gasteiger partial charge in [0.25, 0.3) is 0 Å². The molecule has 5 nitrogen and oxygen atoms in total. The normalized spacial score (nSPS) is 11.0. The largest absolute Gasteiger partial charge is 0.395 e. The van der Waals surface area contributed by atoms with Gasteiger partial charge in [-0.15, -0.1) is 0 Å². The predicted octanol–water partition coefficient (Wildman–Crippen LogP) is -0.0300. The lowest BCUT2D eigenvalue weighted by Gasteiger charge is -2.05. The Morgan fingerprint density at radius 3 is 2.44 bits per heavy atom. The molecule has 16 heavy (non-hydrogen) atoms. The molecule has 1 aromatic rings. The molecule has 1 aromatic carbocycles. The lowest BCUT2D eigenvalue weighted by Crippen LogP contribution is -2.27. The van der Waals surface area contributed by atoms with E-state index in [1.165, 1.54) is 0 Å². The van der Waals surface area contributed by atoms with Gasteiger partial charge in [-0.2, -0.15) is 5.26 Å². The summed E-state index contributed by atoms with van der Waals surface area (Å²) in [4.78, 5) is 0. The lowest BCUT2D eigenvalue weighted by molar-refractivity contribution is 0.301. The van der Waals surface area contributed by atoms with Crippen LogP contribution in [0.25, 0.3) is 0 Å². The molecule has 6 heteroatoms. The fourth-order valence-corrected chi connectivity index (χ4v) is 2.28. The molecule has 0 aliphatic rings. The van der Waals surface area contributed by atoms with Crippen LogP contribution in [0.3, 0.4) is 0 Å². The van der Waals surface area contributed by atoms with Gasteiger partial charge in [0.05, 0.1) is 24.0 Å². The summed E-state index contributed by atoms with van der Waals surface area (Å²) in [6, 6.07) is 8.27. The lowest BCUT2D eigenvalue weighted by atomic mass is 10.2. The highest BCUT2D eigenvalue weighted by atomic mass is 32.2. The van der Waals surface area contributed by atoms with Crippen molar-refractivity contribution in [2.75, 3.05) is 13.2 Å². The van der Waals surface area contributed by atoms with Gasteiger partial charge in [-0.3, -0.25) is 0 Å². The SMILES string of the molecule is N#Cc1ccc(CS(=O)(=O)NCCO)cc1. The Hall–Kier alpha value is -1.42. The Morgan fingerprint density at radius 2 is 1.94 bits per heavy atom. The Morgan fingerprint density at radius 1 is 1.31 bits per heavy atom. The highest BCUT2D eigenvalue weighted by Crippen LogP contribution is 2.06. The first kappa shape index (κ1) is 12.6. The van der Waals surface area contributed by atoms with Crippen LogP contribution in [-0.2, 0) is 15.8 Å². The van der Waals surface area contributed by atoms with Crippen LogP contribution in [0.1, 0.15) is 11.1 Å². The number of benzene rings is 1. The molecule has 0 amide bonds. The average Bonchev–Trinajstić information content (AvgIpc) is 2.27. The maximum Gasteiger partial charge on any atom is 0.215 e. The molecule has 0 radical (unpaired) electrons. The number of aliphatic hydroxyl groups excluding tert-OH is 1. The van der Waals surface area contributed by atoms with E-state index in [-0.39, 0.29) is 18.9 Å². The van der Waals surface area contributed by atoms with E-state index in [0.29, 0.717) is 11.1 Å². The minimum Gasteiger partial charge on any atom is -0.395 e. The van der Waals surface area contributed by atoms with Crippen molar-refractivity contribution in [1.29, 1.82) is 5.26 Å². The topological polar surface area (TPSA) is 90.2 Å². The molecule has 1 rings (SSSR count). The average molecular weight is 240 g/mol. The van der Waals surface area contributed by atoms with E-state index in [1.807, 2.05) is 6.07 Å². The number of hydrogen-bond acceptors (Lipinski definition) is 4. The third kappa shape index (κ3) is 3.98. The molecule has 0 saturated heterocycles. The molecular formula is C10H12N2O3S. The van der Waals surface area contributed by atoms with Crippen molar-refractivity contribution < 1.29 is 13.5 Å². The number of rotatable bonds is 5. The second kappa shape index (κ2) is 5.61. The van der Waals surface area contributed by atoms with Gasteiger partial charge in [-0.1, -0.05) is 12.1 Å². The van der Waals surface area contributed by atoms with E-state index in [2.05, 4.69) is 4.72 Å². The van der Waals surface area contributed by atoms with Crippen molar-refractivity contribution in [3.05, 3.63) is 35.4 Å². The van der Waals surface area contributed by atoms with Crippen LogP contribution in [-0.4, -0.2) is 26.7 Å². The van der Waals surface area contributed by atoms with Gasteiger partial charge < -0.3 is 5.11 Å². The van der Waals surface area contributed by atoms with Crippen LogP contribution < -0.4 is 4.72 Å². The first-order valence-corrected chi connectivity index (χ1v) is 6.30. The van der Waals surface area contributed by atoms with Crippen molar-refractivity contribution in [3.63, 3.8) is 0 Å². The maximum absolute atomic E-state index is 11.4. The molecule has 0 spiro atoms. The van der Waals surface area contributed by atoms with Crippen molar-refractivity contribution >= 4 is 10.0 Å². The van der Waals surface area contributed by atoms with Crippen LogP contribution in [0.15, 0.2) is 24.3 Å². The van der Waals surface area contributed by atoms with Gasteiger partial charge >= 0.3 is 0 Å². The molecule has 0 atom stereocenters. The number of sulfonamides is 1. The van der Waals surface area contributed by atoms with Crippen LogP contribution in [0.4, 0.5) is 0 Å². The molecule has 0 aromatic heterocycles. The highest BCUT2D eigenvalue weighted by molar-refractivity contribution is 7.88. The summed E-state index contributed by atoms with van der Waals surface area (Å²) >= 11 is 0. The summed E-state index contributed by atoms with van der Waals surface area (Å²) < 4.78 is 25.1. The van der Waals surface area contributed by atoms with E-state index < -0.39 is 10.0 Å². The van der Waals surface area contributed by atoms with E-state index >= 15 is 0 Å². The summed E-state index contributed by atoms with van der Waals surface area (Å²) in [5.41, 5.74) is 1.09. The number of aliphatic hydroxyl groups is 1. The molecule has 0 aliphatic heterocycles. The molecule has 2 N–H and O–H groups in total. The summed E-state index contributed by atoms with van der Waals surface area (Å²) in [7, 11) is -3.41. The smallest absolute Gasteiger partial charge is 0.215 e. The van der Waals surface area contributed by atoms with Crippen LogP contribution in [0.5, 0.6) is 0 Å². The Bertz CT molecular complexity index is 474. The quantitative estimate of drug-likeness (QED) is 0.756. The third-order valence-electron chi connectivity index (χ3n) is 1.87. The monoisotopic (exact) mass is 240 g/mol. The Labute approximate surface area is 94.4 Å². The van der Waals surface area contributed by atoms with E-state index in [1.54, 1.807) is 24.3 Å². The summed E-state index contributed by atoms with van der Waals surface area (Å²) in [5.74, 6) is -0.154. The van der Waals surface area contributed by atoms with Gasteiger partial charge in [0.2, 0.25) is 10.0 Å². The van der Waals surface area contributed by atoms with E-state index in [4.69, 9.17) is 10.4 Å². The number of nitrogens with one attached hydrogen (secondary N) is 1. The van der Waals surface area contributed by atoms with Crippen molar-refractivity contribution in [3.8, 4) is 6.07 Å². The molecule has 0 bridgehead atoms. The summed E-state index contributed by atoms with van der Waals surface area (Å²) in [5, 5.41) is 17.1. The fourth-order valence-electron chi connectivity index (χ4n) is 1.15. The number of nitriles is 1. The van der Waals surface area contributed by atoms with Gasteiger partial charge in [-0.05, 0) is 17.7 Å². The van der Waals surface area contributed by atoms with Crippen molar-refractivity contribution in [1.82, 2.24) is 4.72 Å². The number of hydrogen-bond donors (Lipinski definition) is 2. The zero-order chi connectivity index (χ0) is 12.0. The molecule has 0 heterocycles. The zero-order valence-corrected chi connectivity index (χ0v) is 9.37. The highest BCUT2D eigenvalue weighted by Gasteiger charge is 2.10. The second-order valence-corrected chi connectivity index (χ2v) is 4.99. The molecular weight excluding hydrogens is 228 g/mol. The summed E-state index contributed by atoms with van der Waals surface area (Å²) in [6.45, 7) is -0.217. The zero-order valence-electron chi connectivity index (χ0n) is 8.55. The Kier molecular flexibility index (Phi) is 4.43. The van der Waals surface area contributed by atoms with Gasteiger partial charge in [0.15, 0.2) is 0 Å². The molecule has 86 valence electrons. The van der Waals surface area contributed by atoms with Gasteiger partial charge in [0.1, 0.15) is 0 Å². The fraction of sp³-hybridized carbons (Fsp3) is 0.300. The molecule has 0 saturated carbocycles. The molecule has 0 aliphatic carbocycles. The van der Waals surface area contributed by atoms with Crippen molar-refractivity contribution in [2.45, 2.75) is 5.75 Å². The van der Waals surface area contributed by atoms with Crippen LogP contribution in [0.2, 0.25) is 0 Å². The standard InChI is InChI=1S/C10H12N2O3S/c11-7-9-1-3-10(4-2-9)8-16(14,15)12-5-6-13/h1-4,12-13H,5-6,8H2. The minimum absolute atomic E-state index is 0.0125. The van der Waals surface area contributed by atoms with E-state index in [0.717, 1.165) is 0 Å². The van der Waals surface area contributed by atoms with Crippen molar-refractivity contribution in [2.24, 2.45) is 0 Å². The predicted molar refractivity (Wildman–Crippen MR) is 58.9 cm³/mol. The first-order valence-electron chi connectivity index (χ1n) is 4.64. The van der Waals surface area contributed by atoms with E-state index in [9.17, 15) is 8.42 Å². The van der Waals surface area contributed by atoms with Gasteiger partial charge in [0, 0.05) is 6.54 Å². The summed E-state index contributed by atoms with van der Waals surface area (Å²) in [6.07, 6.45) is 0. The van der Waals surface area contributed by atoms with Crippen LogP contribution >= 0.6 is 0 Å². The van der Waals surface area contributed by atoms with Gasteiger partial charge in [-0.25, -0.2) is 13.1 Å². The third-order valence-corrected chi connectivity index (χ3v) is 3.23. The second-order valence-electron chi connectivity index (χ2n) is 3.19. The molecule has 0 fully saturated rings. The number of nitrogens with zero attached hydrogens (tertiary/aromatic N) is 1. The minimum atomic E-state index is -3.41. The maximum atomic E-state index is 11.4. The Balaban J connectivity index is 2.70. The molecule has 0 unspecified atom stereocenters.